The van der Waals surface area contributed by atoms with Crippen LogP contribution in [0.15, 0.2) is 24.3 Å². The molecule has 0 heterocycles. The summed E-state index contributed by atoms with van der Waals surface area (Å²) in [6.45, 7) is 1.05. The van der Waals surface area contributed by atoms with Crippen LogP contribution in [0.2, 0.25) is 0 Å². The first kappa shape index (κ1) is 13.6. The Labute approximate surface area is 120 Å². The van der Waals surface area contributed by atoms with Gasteiger partial charge in [0.25, 0.3) is 0 Å². The normalized spacial score (nSPS) is 26.4. The molecule has 1 saturated carbocycles. The Morgan fingerprint density at radius 2 is 1.70 bits per heavy atom. The van der Waals surface area contributed by atoms with E-state index < -0.39 is 5.97 Å². The Morgan fingerprint density at radius 3 is 2.25 bits per heavy atom. The van der Waals surface area contributed by atoms with Gasteiger partial charge in [0.2, 0.25) is 0 Å². The van der Waals surface area contributed by atoms with Crippen LogP contribution in [-0.4, -0.2) is 23.7 Å². The third kappa shape index (κ3) is 3.04. The minimum atomic E-state index is -0.609. The molecule has 0 aromatic heterocycles. The van der Waals surface area contributed by atoms with Crippen LogP contribution in [0.3, 0.4) is 0 Å². The van der Waals surface area contributed by atoms with E-state index in [2.05, 4.69) is 29.6 Å². The second kappa shape index (κ2) is 5.96. The molecule has 0 bridgehead atoms. The van der Waals surface area contributed by atoms with E-state index in [-0.39, 0.29) is 5.92 Å². The van der Waals surface area contributed by atoms with E-state index in [0.717, 1.165) is 45.1 Å². The molecule has 1 aromatic rings. The third-order valence-corrected chi connectivity index (χ3v) is 4.94. The SMILES string of the molecule is O=C(O)C1CCC(CNC2Cc3ccccc3C2)CC1. The minimum Gasteiger partial charge on any atom is -0.481 e. The highest BCUT2D eigenvalue weighted by atomic mass is 16.4. The maximum absolute atomic E-state index is 10.9. The summed E-state index contributed by atoms with van der Waals surface area (Å²) in [6.07, 6.45) is 6.10. The second-order valence-corrected chi connectivity index (χ2v) is 6.34. The molecule has 0 unspecified atom stereocenters. The van der Waals surface area contributed by atoms with Crippen LogP contribution < -0.4 is 5.32 Å². The summed E-state index contributed by atoms with van der Waals surface area (Å²) in [4.78, 5) is 10.9. The molecule has 0 aliphatic heterocycles. The van der Waals surface area contributed by atoms with Gasteiger partial charge in [0, 0.05) is 6.04 Å². The molecule has 3 heteroatoms. The van der Waals surface area contributed by atoms with Crippen LogP contribution >= 0.6 is 0 Å². The Kier molecular flexibility index (Phi) is 4.06. The quantitative estimate of drug-likeness (QED) is 0.886. The molecule has 0 radical (unpaired) electrons. The van der Waals surface area contributed by atoms with Gasteiger partial charge in [-0.3, -0.25) is 4.79 Å². The average molecular weight is 273 g/mol. The summed E-state index contributed by atoms with van der Waals surface area (Å²) >= 11 is 0. The molecule has 20 heavy (non-hydrogen) atoms. The second-order valence-electron chi connectivity index (χ2n) is 6.34. The minimum absolute atomic E-state index is 0.0954. The van der Waals surface area contributed by atoms with Crippen LogP contribution in [0.4, 0.5) is 0 Å². The van der Waals surface area contributed by atoms with Crippen molar-refractivity contribution in [1.29, 1.82) is 0 Å². The summed E-state index contributed by atoms with van der Waals surface area (Å²) in [7, 11) is 0. The number of benzene rings is 1. The van der Waals surface area contributed by atoms with Gasteiger partial charge in [0.15, 0.2) is 0 Å². The third-order valence-electron chi connectivity index (χ3n) is 4.94. The molecule has 0 spiro atoms. The van der Waals surface area contributed by atoms with Gasteiger partial charge in [0.05, 0.1) is 5.92 Å². The van der Waals surface area contributed by atoms with Crippen molar-refractivity contribution < 1.29 is 9.90 Å². The van der Waals surface area contributed by atoms with Crippen molar-refractivity contribution in [2.75, 3.05) is 6.54 Å². The molecule has 1 fully saturated rings. The van der Waals surface area contributed by atoms with Crippen molar-refractivity contribution in [1.82, 2.24) is 5.32 Å². The summed E-state index contributed by atoms with van der Waals surface area (Å²) in [5.74, 6) is -0.0426. The van der Waals surface area contributed by atoms with Crippen molar-refractivity contribution >= 4 is 5.97 Å². The highest BCUT2D eigenvalue weighted by Gasteiger charge is 2.27. The fourth-order valence-electron chi connectivity index (χ4n) is 3.65. The number of aliphatic carboxylic acids is 1. The molecule has 0 atom stereocenters. The number of carbonyl (C=O) groups is 1. The zero-order chi connectivity index (χ0) is 13.9. The zero-order valence-electron chi connectivity index (χ0n) is 11.8. The Hall–Kier alpha value is -1.35. The molecule has 3 nitrogen and oxygen atoms in total. The van der Waals surface area contributed by atoms with Gasteiger partial charge in [-0.15, -0.1) is 0 Å². The highest BCUT2D eigenvalue weighted by Crippen LogP contribution is 2.29. The number of rotatable bonds is 4. The van der Waals surface area contributed by atoms with Gasteiger partial charge >= 0.3 is 5.97 Å². The Balaban J connectivity index is 1.43. The van der Waals surface area contributed by atoms with Gasteiger partial charge in [-0.05, 0) is 62.1 Å². The molecule has 3 rings (SSSR count). The number of carboxylic acids is 1. The molecule has 1 aromatic carbocycles. The molecule has 2 aliphatic carbocycles. The van der Waals surface area contributed by atoms with E-state index in [1.807, 2.05) is 0 Å². The van der Waals surface area contributed by atoms with E-state index in [1.165, 1.54) is 11.1 Å². The van der Waals surface area contributed by atoms with Gasteiger partial charge < -0.3 is 10.4 Å². The fourth-order valence-corrected chi connectivity index (χ4v) is 3.65. The number of hydrogen-bond donors (Lipinski definition) is 2. The van der Waals surface area contributed by atoms with Crippen molar-refractivity contribution in [2.45, 2.75) is 44.6 Å². The molecular formula is C17H23NO2. The van der Waals surface area contributed by atoms with Crippen LogP contribution in [-0.2, 0) is 17.6 Å². The lowest BCUT2D eigenvalue weighted by atomic mass is 9.82. The smallest absolute Gasteiger partial charge is 0.306 e. The van der Waals surface area contributed by atoms with Gasteiger partial charge in [-0.1, -0.05) is 24.3 Å². The van der Waals surface area contributed by atoms with E-state index in [0.29, 0.717) is 12.0 Å². The topological polar surface area (TPSA) is 49.3 Å². The van der Waals surface area contributed by atoms with Crippen molar-refractivity contribution in [2.24, 2.45) is 11.8 Å². The molecule has 0 saturated heterocycles. The van der Waals surface area contributed by atoms with E-state index in [9.17, 15) is 4.79 Å². The molecule has 0 amide bonds. The summed E-state index contributed by atoms with van der Waals surface area (Å²) < 4.78 is 0. The van der Waals surface area contributed by atoms with Crippen LogP contribution in [0.25, 0.3) is 0 Å². The monoisotopic (exact) mass is 273 g/mol. The first-order valence-corrected chi connectivity index (χ1v) is 7.75. The zero-order valence-corrected chi connectivity index (χ0v) is 11.8. The molecule has 2 aliphatic rings. The van der Waals surface area contributed by atoms with Gasteiger partial charge in [-0.2, -0.15) is 0 Å². The number of nitrogens with one attached hydrogen (secondary N) is 1. The lowest BCUT2D eigenvalue weighted by molar-refractivity contribution is -0.143. The van der Waals surface area contributed by atoms with E-state index >= 15 is 0 Å². The largest absolute Gasteiger partial charge is 0.481 e. The molecular weight excluding hydrogens is 250 g/mol. The van der Waals surface area contributed by atoms with Crippen molar-refractivity contribution in [3.63, 3.8) is 0 Å². The van der Waals surface area contributed by atoms with Crippen LogP contribution in [0.1, 0.15) is 36.8 Å². The number of carboxylic acid groups (broad SMARTS) is 1. The lowest BCUT2D eigenvalue weighted by Gasteiger charge is -2.27. The standard InChI is InChI=1S/C17H23NO2/c19-17(20)13-7-5-12(6-8-13)11-18-16-9-14-3-1-2-4-15(14)10-16/h1-4,12-13,16,18H,5-11H2,(H,19,20). The first-order chi connectivity index (χ1) is 9.72. The highest BCUT2D eigenvalue weighted by molar-refractivity contribution is 5.69. The maximum Gasteiger partial charge on any atom is 0.306 e. The maximum atomic E-state index is 10.9. The summed E-state index contributed by atoms with van der Waals surface area (Å²) in [6, 6.07) is 9.28. The Bertz CT molecular complexity index is 453. The first-order valence-electron chi connectivity index (χ1n) is 7.75. The molecule has 2 N–H and O–H groups in total. The van der Waals surface area contributed by atoms with E-state index in [4.69, 9.17) is 5.11 Å². The summed E-state index contributed by atoms with van der Waals surface area (Å²) in [5, 5.41) is 12.7. The number of fused-ring (bicyclic) bond motifs is 1. The number of hydrogen-bond acceptors (Lipinski definition) is 2. The van der Waals surface area contributed by atoms with Gasteiger partial charge in [0.1, 0.15) is 0 Å². The van der Waals surface area contributed by atoms with Crippen LogP contribution in [0.5, 0.6) is 0 Å². The summed E-state index contributed by atoms with van der Waals surface area (Å²) in [5.41, 5.74) is 2.97. The van der Waals surface area contributed by atoms with Gasteiger partial charge in [-0.25, -0.2) is 0 Å². The Morgan fingerprint density at radius 1 is 1.10 bits per heavy atom. The predicted octanol–water partition coefficient (Wildman–Crippen LogP) is 2.63. The fraction of sp³-hybridized carbons (Fsp3) is 0.588. The van der Waals surface area contributed by atoms with Crippen molar-refractivity contribution in [3.8, 4) is 0 Å². The van der Waals surface area contributed by atoms with E-state index in [1.54, 1.807) is 0 Å². The molecule has 108 valence electrons. The van der Waals surface area contributed by atoms with Crippen molar-refractivity contribution in [3.05, 3.63) is 35.4 Å². The average Bonchev–Trinajstić information content (AvgIpc) is 2.88. The predicted molar refractivity (Wildman–Crippen MR) is 78.7 cm³/mol. The van der Waals surface area contributed by atoms with Crippen LogP contribution in [0, 0.1) is 11.8 Å². The lowest BCUT2D eigenvalue weighted by Crippen LogP contribution is -2.35.